The molecule has 13 heteroatoms. The lowest BCUT2D eigenvalue weighted by Gasteiger charge is -2.38. The largest absolute Gasteiger partial charge is 0.418 e. The maximum atomic E-state index is 12.4. The van der Waals surface area contributed by atoms with Gasteiger partial charge in [-0.05, 0) is 39.8 Å². The Bertz CT molecular complexity index is 736. The summed E-state index contributed by atoms with van der Waals surface area (Å²) in [5.74, 6) is -1.01. The molecule has 27 heavy (non-hydrogen) atoms. The van der Waals surface area contributed by atoms with E-state index in [1.54, 1.807) is 0 Å². The van der Waals surface area contributed by atoms with E-state index in [-0.39, 0.29) is 24.8 Å². The van der Waals surface area contributed by atoms with Crippen LogP contribution in [-0.4, -0.2) is 84.4 Å². The second-order valence-electron chi connectivity index (χ2n) is 7.27. The van der Waals surface area contributed by atoms with Crippen LogP contribution in [0.1, 0.15) is 25.7 Å². The van der Waals surface area contributed by atoms with Crippen LogP contribution in [0.15, 0.2) is 0 Å². The standard InChI is InChI=1S/C14H23N5O7S/c1-17(2)10-5-8(6-10)12(20)15-16-13(21)11-4-3-9-7-18(11)14(22)19(9)26-27(23,24)25/h8-11H,3-7H2,1-2H3,(H,15,20)(H,16,21)(H,23,24,25)/t8?,9-,10?,11+/m0/s1. The monoisotopic (exact) mass is 405 g/mol. The maximum absolute atomic E-state index is 12.4. The number of urea groups is 1. The van der Waals surface area contributed by atoms with Crippen molar-refractivity contribution >= 4 is 28.2 Å². The van der Waals surface area contributed by atoms with Gasteiger partial charge in [-0.3, -0.25) is 25.0 Å². The molecule has 2 aliphatic heterocycles. The maximum Gasteiger partial charge on any atom is 0.418 e. The number of hydroxylamine groups is 2. The SMILES string of the molecule is CN(C)C1CC(C(=O)NNC(=O)[C@H]2CC[C@H]3CN2C(=O)N3OS(=O)(=O)O)C1. The van der Waals surface area contributed by atoms with Gasteiger partial charge in [0.05, 0.1) is 6.04 Å². The Balaban J connectivity index is 1.51. The average Bonchev–Trinajstić information content (AvgIpc) is 2.74. The third-order valence-electron chi connectivity index (χ3n) is 5.32. The van der Waals surface area contributed by atoms with Gasteiger partial charge in [0.25, 0.3) is 5.91 Å². The minimum Gasteiger partial charge on any atom is -0.309 e. The van der Waals surface area contributed by atoms with E-state index in [2.05, 4.69) is 15.1 Å². The van der Waals surface area contributed by atoms with Crippen molar-refractivity contribution in [2.45, 2.75) is 43.8 Å². The Morgan fingerprint density at radius 2 is 1.81 bits per heavy atom. The highest BCUT2D eigenvalue weighted by molar-refractivity contribution is 7.80. The molecule has 152 valence electrons. The predicted molar refractivity (Wildman–Crippen MR) is 89.9 cm³/mol. The first kappa shape index (κ1) is 19.8. The fraction of sp³-hybridized carbons (Fsp3) is 0.786. The Morgan fingerprint density at radius 3 is 2.41 bits per heavy atom. The van der Waals surface area contributed by atoms with Gasteiger partial charge < -0.3 is 9.80 Å². The second kappa shape index (κ2) is 7.22. The predicted octanol–water partition coefficient (Wildman–Crippen LogP) is -1.52. The molecule has 3 rings (SSSR count). The van der Waals surface area contributed by atoms with Crippen LogP contribution in [0.2, 0.25) is 0 Å². The van der Waals surface area contributed by atoms with Crippen molar-refractivity contribution in [2.75, 3.05) is 20.6 Å². The highest BCUT2D eigenvalue weighted by Crippen LogP contribution is 2.31. The summed E-state index contributed by atoms with van der Waals surface area (Å²) in [7, 11) is -0.951. The molecule has 3 fully saturated rings. The topological polar surface area (TPSA) is 149 Å². The first-order valence-electron chi connectivity index (χ1n) is 8.60. The Hall–Kier alpha value is -1.96. The van der Waals surface area contributed by atoms with Crippen molar-refractivity contribution in [3.05, 3.63) is 0 Å². The van der Waals surface area contributed by atoms with Gasteiger partial charge in [0.2, 0.25) is 5.91 Å². The van der Waals surface area contributed by atoms with Crippen molar-refractivity contribution in [1.82, 2.24) is 25.7 Å². The number of piperidine rings is 1. The first-order valence-corrected chi connectivity index (χ1v) is 9.96. The highest BCUT2D eigenvalue weighted by atomic mass is 32.3. The van der Waals surface area contributed by atoms with E-state index in [4.69, 9.17) is 4.55 Å². The van der Waals surface area contributed by atoms with Crippen LogP contribution in [0.4, 0.5) is 4.79 Å². The van der Waals surface area contributed by atoms with Crippen LogP contribution in [0.25, 0.3) is 0 Å². The van der Waals surface area contributed by atoms with Crippen LogP contribution >= 0.6 is 0 Å². The van der Waals surface area contributed by atoms with E-state index in [9.17, 15) is 22.8 Å². The van der Waals surface area contributed by atoms with E-state index >= 15 is 0 Å². The Kier molecular flexibility index (Phi) is 5.29. The van der Waals surface area contributed by atoms with Gasteiger partial charge in [0, 0.05) is 18.5 Å². The van der Waals surface area contributed by atoms with Crippen LogP contribution in [0, 0.1) is 5.92 Å². The van der Waals surface area contributed by atoms with Gasteiger partial charge in [-0.25, -0.2) is 4.79 Å². The molecule has 0 aromatic carbocycles. The molecule has 0 aromatic heterocycles. The zero-order valence-electron chi connectivity index (χ0n) is 15.0. The fourth-order valence-corrected chi connectivity index (χ4v) is 4.02. The van der Waals surface area contributed by atoms with Crippen molar-refractivity contribution in [2.24, 2.45) is 5.92 Å². The van der Waals surface area contributed by atoms with Crippen LogP contribution < -0.4 is 10.9 Å². The van der Waals surface area contributed by atoms with Crippen molar-refractivity contribution in [1.29, 1.82) is 0 Å². The van der Waals surface area contributed by atoms with E-state index in [1.165, 1.54) is 0 Å². The summed E-state index contributed by atoms with van der Waals surface area (Å²) >= 11 is 0. The highest BCUT2D eigenvalue weighted by Gasteiger charge is 2.49. The molecular weight excluding hydrogens is 382 g/mol. The Morgan fingerprint density at radius 1 is 1.19 bits per heavy atom. The summed E-state index contributed by atoms with van der Waals surface area (Å²) in [4.78, 5) is 39.9. The number of carbonyl (C=O) groups is 3. The average molecular weight is 405 g/mol. The molecule has 1 aliphatic carbocycles. The lowest BCUT2D eigenvalue weighted by Crippen LogP contribution is -2.56. The van der Waals surface area contributed by atoms with E-state index < -0.39 is 34.4 Å². The zero-order chi connectivity index (χ0) is 19.9. The number of nitrogens with zero attached hydrogens (tertiary/aromatic N) is 3. The van der Waals surface area contributed by atoms with Gasteiger partial charge in [-0.2, -0.15) is 13.5 Å². The first-order chi connectivity index (χ1) is 12.6. The summed E-state index contributed by atoms with van der Waals surface area (Å²) in [6.45, 7) is 0.0908. The van der Waals surface area contributed by atoms with Gasteiger partial charge in [-0.15, -0.1) is 4.28 Å². The molecule has 3 N–H and O–H groups in total. The Labute approximate surface area is 156 Å². The molecule has 1 saturated carbocycles. The molecule has 0 radical (unpaired) electrons. The number of amides is 4. The molecule has 2 saturated heterocycles. The lowest BCUT2D eigenvalue weighted by atomic mass is 9.79. The number of rotatable bonds is 5. The van der Waals surface area contributed by atoms with Crippen LogP contribution in [0.3, 0.4) is 0 Å². The molecule has 2 bridgehead atoms. The van der Waals surface area contributed by atoms with Crippen molar-refractivity contribution in [3.63, 3.8) is 0 Å². The molecule has 3 aliphatic rings. The van der Waals surface area contributed by atoms with E-state index in [1.807, 2.05) is 19.0 Å². The minimum atomic E-state index is -4.84. The van der Waals surface area contributed by atoms with E-state index in [0.717, 1.165) is 4.90 Å². The molecule has 12 nitrogen and oxygen atoms in total. The van der Waals surface area contributed by atoms with Crippen molar-refractivity contribution < 1.29 is 31.6 Å². The number of hydrazine groups is 1. The lowest BCUT2D eigenvalue weighted by molar-refractivity contribution is -0.136. The molecule has 4 amide bonds. The molecule has 0 aromatic rings. The van der Waals surface area contributed by atoms with E-state index in [0.29, 0.717) is 30.4 Å². The number of carbonyl (C=O) groups excluding carboxylic acids is 3. The summed E-state index contributed by atoms with van der Waals surface area (Å²) in [5.41, 5.74) is 4.73. The molecule has 0 spiro atoms. The van der Waals surface area contributed by atoms with Gasteiger partial charge in [0.15, 0.2) is 0 Å². The quantitative estimate of drug-likeness (QED) is 0.369. The number of fused-ring (bicyclic) bond motifs is 2. The van der Waals surface area contributed by atoms with Gasteiger partial charge in [0.1, 0.15) is 6.04 Å². The van der Waals surface area contributed by atoms with Gasteiger partial charge >= 0.3 is 16.4 Å². The second-order valence-corrected chi connectivity index (χ2v) is 8.28. The van der Waals surface area contributed by atoms with Crippen LogP contribution in [0.5, 0.6) is 0 Å². The number of hydrogen-bond donors (Lipinski definition) is 3. The third kappa shape index (κ3) is 4.15. The minimum absolute atomic E-state index is 0.0908. The summed E-state index contributed by atoms with van der Waals surface area (Å²) in [5, 5.41) is 0.566. The molecule has 2 heterocycles. The summed E-state index contributed by atoms with van der Waals surface area (Å²) < 4.78 is 34.8. The summed E-state index contributed by atoms with van der Waals surface area (Å²) in [6.07, 6.45) is 2.02. The smallest absolute Gasteiger partial charge is 0.309 e. The molecule has 2 atom stereocenters. The molecular formula is C14H23N5O7S. The number of nitrogens with one attached hydrogen (secondary N) is 2. The van der Waals surface area contributed by atoms with Crippen LogP contribution in [-0.2, 0) is 24.3 Å². The summed E-state index contributed by atoms with van der Waals surface area (Å²) in [6, 6.07) is -1.91. The van der Waals surface area contributed by atoms with Crippen molar-refractivity contribution in [3.8, 4) is 0 Å². The fourth-order valence-electron chi connectivity index (χ4n) is 3.64. The molecule has 0 unspecified atom stereocenters. The normalized spacial score (nSPS) is 30.3. The van der Waals surface area contributed by atoms with Gasteiger partial charge in [-0.1, -0.05) is 0 Å². The zero-order valence-corrected chi connectivity index (χ0v) is 15.8. The third-order valence-corrected chi connectivity index (χ3v) is 5.67. The number of hydrogen-bond acceptors (Lipinski definition) is 7.